The van der Waals surface area contributed by atoms with Gasteiger partial charge in [0.2, 0.25) is 0 Å². The number of aliphatic hydroxyl groups is 1. The first-order valence-corrected chi connectivity index (χ1v) is 6.28. The lowest BCUT2D eigenvalue weighted by Gasteiger charge is -1.86. The fourth-order valence-electron chi connectivity index (χ4n) is 1.000. The van der Waals surface area contributed by atoms with Gasteiger partial charge >= 0.3 is 0 Å². The van der Waals surface area contributed by atoms with Gasteiger partial charge in [0.05, 0.1) is 0 Å². The van der Waals surface area contributed by atoms with Gasteiger partial charge in [0, 0.05) is 7.11 Å². The molecule has 0 atom stereocenters. The topological polar surface area (TPSA) is 51.7 Å². The third kappa shape index (κ3) is 56.4. The Morgan fingerprint density at radius 2 is 0.667 bits per heavy atom. The van der Waals surface area contributed by atoms with E-state index >= 15 is 0 Å². The van der Waals surface area contributed by atoms with E-state index in [1.807, 2.05) is 0 Å². The molecule has 0 saturated carbocycles. The molecule has 0 aromatic carbocycles. The summed E-state index contributed by atoms with van der Waals surface area (Å²) in [7, 11) is 1.00. The number of hydrogen-bond acceptors (Lipinski definition) is 1. The highest BCUT2D eigenvalue weighted by atomic mass is 16.2. The molecule has 0 spiro atoms. The molecule has 0 aliphatic heterocycles. The molecule has 3 N–H and O–H groups in total. The molecule has 2 heteroatoms. The van der Waals surface area contributed by atoms with Crippen LogP contribution >= 0.6 is 0 Å². The van der Waals surface area contributed by atoms with Crippen LogP contribution in [0.4, 0.5) is 0 Å². The Balaban J connectivity index is -0.0000000653. The van der Waals surface area contributed by atoms with E-state index in [4.69, 9.17) is 5.11 Å². The average Bonchev–Trinajstić information content (AvgIpc) is 2.27. The highest BCUT2D eigenvalue weighted by Gasteiger charge is 1.75. The Morgan fingerprint density at radius 3 is 0.733 bits per heavy atom. The third-order valence-electron chi connectivity index (χ3n) is 1.91. The third-order valence-corrected chi connectivity index (χ3v) is 1.91. The van der Waals surface area contributed by atoms with Crippen LogP contribution < -0.4 is 0 Å². The van der Waals surface area contributed by atoms with Crippen molar-refractivity contribution in [3.8, 4) is 0 Å². The summed E-state index contributed by atoms with van der Waals surface area (Å²) in [5.74, 6) is 0. The zero-order valence-corrected chi connectivity index (χ0v) is 11.6. The second-order valence-electron chi connectivity index (χ2n) is 3.41. The highest BCUT2D eigenvalue weighted by Crippen LogP contribution is 1.95. The van der Waals surface area contributed by atoms with Gasteiger partial charge in [-0.2, -0.15) is 0 Å². The second kappa shape index (κ2) is 37.0. The fourth-order valence-corrected chi connectivity index (χ4v) is 1.000. The highest BCUT2D eigenvalue weighted by molar-refractivity contribution is 4.31. The lowest BCUT2D eigenvalue weighted by Crippen LogP contribution is -1.66. The Hall–Kier alpha value is -0.0800. The first kappa shape index (κ1) is 24.2. The standard InChI is InChI=1S/2C6H14.CH4O.H2O/c2*1-3-5-6-4-2;1-2;/h2*3-6H2,1-2H3;2H,1H3;1H2. The lowest BCUT2D eigenvalue weighted by molar-refractivity contribution is 0.399. The van der Waals surface area contributed by atoms with Crippen molar-refractivity contribution in [3.05, 3.63) is 0 Å². The zero-order valence-electron chi connectivity index (χ0n) is 11.6. The molecule has 0 aliphatic carbocycles. The van der Waals surface area contributed by atoms with Crippen LogP contribution in [0.25, 0.3) is 0 Å². The molecular weight excluding hydrogens is 188 g/mol. The maximum atomic E-state index is 7.00. The molecule has 0 unspecified atom stereocenters. The van der Waals surface area contributed by atoms with Crippen molar-refractivity contribution in [2.45, 2.75) is 79.1 Å². The van der Waals surface area contributed by atoms with Crippen LogP contribution in [0.3, 0.4) is 0 Å². The number of hydrogen-bond donors (Lipinski definition) is 1. The molecule has 0 aromatic rings. The number of aliphatic hydroxyl groups excluding tert-OH is 1. The van der Waals surface area contributed by atoms with Gasteiger partial charge in [0.1, 0.15) is 0 Å². The lowest BCUT2D eigenvalue weighted by atomic mass is 10.2. The first-order chi connectivity index (χ1) is 6.83. The zero-order chi connectivity index (χ0) is 11.7. The van der Waals surface area contributed by atoms with Crippen molar-refractivity contribution in [2.75, 3.05) is 7.11 Å². The maximum Gasteiger partial charge on any atom is 0.0319 e. The monoisotopic (exact) mass is 222 g/mol. The largest absolute Gasteiger partial charge is 0.412 e. The SMILES string of the molecule is CCCCCC.CCCCCC.CO.O. The van der Waals surface area contributed by atoms with Crippen LogP contribution in [0.5, 0.6) is 0 Å². The normalized spacial score (nSPS) is 7.60. The minimum atomic E-state index is 0. The van der Waals surface area contributed by atoms with Gasteiger partial charge in [0.25, 0.3) is 0 Å². The second-order valence-corrected chi connectivity index (χ2v) is 3.41. The van der Waals surface area contributed by atoms with E-state index in [1.54, 1.807) is 0 Å². The van der Waals surface area contributed by atoms with Gasteiger partial charge in [-0.3, -0.25) is 0 Å². The van der Waals surface area contributed by atoms with E-state index in [0.717, 1.165) is 7.11 Å². The minimum absolute atomic E-state index is 0. The van der Waals surface area contributed by atoms with Gasteiger partial charge in [-0.15, -0.1) is 0 Å². The molecule has 0 bridgehead atoms. The van der Waals surface area contributed by atoms with Crippen LogP contribution in [-0.2, 0) is 0 Å². The van der Waals surface area contributed by atoms with Crippen LogP contribution in [0.1, 0.15) is 79.1 Å². The molecular formula is C13H34O2. The molecule has 0 aromatic heterocycles. The minimum Gasteiger partial charge on any atom is -0.412 e. The molecule has 0 radical (unpaired) electrons. The molecule has 0 rings (SSSR count). The fraction of sp³-hybridized carbons (Fsp3) is 1.00. The molecule has 0 aliphatic rings. The summed E-state index contributed by atoms with van der Waals surface area (Å²) in [6, 6.07) is 0. The summed E-state index contributed by atoms with van der Waals surface area (Å²) < 4.78 is 0. The van der Waals surface area contributed by atoms with Crippen LogP contribution in [0.15, 0.2) is 0 Å². The molecule has 2 nitrogen and oxygen atoms in total. The van der Waals surface area contributed by atoms with Crippen LogP contribution in [0, 0.1) is 0 Å². The summed E-state index contributed by atoms with van der Waals surface area (Å²) in [4.78, 5) is 0. The van der Waals surface area contributed by atoms with E-state index in [2.05, 4.69) is 27.7 Å². The number of unbranched alkanes of at least 4 members (excludes halogenated alkanes) is 6. The molecule has 98 valence electrons. The summed E-state index contributed by atoms with van der Waals surface area (Å²) >= 11 is 0. The number of rotatable bonds is 6. The quantitative estimate of drug-likeness (QED) is 0.680. The van der Waals surface area contributed by atoms with Gasteiger partial charge in [-0.1, -0.05) is 79.1 Å². The Labute approximate surface area is 97.4 Å². The molecule has 0 amide bonds. The molecule has 15 heavy (non-hydrogen) atoms. The van der Waals surface area contributed by atoms with Crippen molar-refractivity contribution < 1.29 is 10.6 Å². The van der Waals surface area contributed by atoms with Gasteiger partial charge in [-0.25, -0.2) is 0 Å². The summed E-state index contributed by atoms with van der Waals surface area (Å²) in [5, 5.41) is 7.00. The average molecular weight is 222 g/mol. The Kier molecular flexibility index (Phi) is 59.9. The summed E-state index contributed by atoms with van der Waals surface area (Å²) in [6.45, 7) is 8.93. The van der Waals surface area contributed by atoms with Gasteiger partial charge < -0.3 is 10.6 Å². The van der Waals surface area contributed by atoms with E-state index in [0.29, 0.717) is 0 Å². The molecule has 0 saturated heterocycles. The van der Waals surface area contributed by atoms with Gasteiger partial charge in [0.15, 0.2) is 0 Å². The van der Waals surface area contributed by atoms with Crippen molar-refractivity contribution in [2.24, 2.45) is 0 Å². The van der Waals surface area contributed by atoms with Crippen molar-refractivity contribution in [1.82, 2.24) is 0 Å². The van der Waals surface area contributed by atoms with E-state index < -0.39 is 0 Å². The van der Waals surface area contributed by atoms with Crippen molar-refractivity contribution in [3.63, 3.8) is 0 Å². The van der Waals surface area contributed by atoms with Crippen molar-refractivity contribution in [1.29, 1.82) is 0 Å². The molecule has 0 heterocycles. The predicted octanol–water partition coefficient (Wildman–Crippen LogP) is 3.96. The predicted molar refractivity (Wildman–Crippen MR) is 71.4 cm³/mol. The summed E-state index contributed by atoms with van der Waals surface area (Å²) in [5.41, 5.74) is 0. The van der Waals surface area contributed by atoms with E-state index in [9.17, 15) is 0 Å². The first-order valence-electron chi connectivity index (χ1n) is 6.28. The van der Waals surface area contributed by atoms with Crippen molar-refractivity contribution >= 4 is 0 Å². The van der Waals surface area contributed by atoms with E-state index in [1.165, 1.54) is 51.4 Å². The van der Waals surface area contributed by atoms with Crippen LogP contribution in [-0.4, -0.2) is 17.7 Å². The van der Waals surface area contributed by atoms with E-state index in [-0.39, 0.29) is 5.48 Å². The summed E-state index contributed by atoms with van der Waals surface area (Å²) in [6.07, 6.45) is 11.1. The molecule has 0 fully saturated rings. The maximum absolute atomic E-state index is 7.00. The Bertz CT molecular complexity index is 40.5. The smallest absolute Gasteiger partial charge is 0.0319 e. The Morgan fingerprint density at radius 1 is 0.533 bits per heavy atom. The van der Waals surface area contributed by atoms with Gasteiger partial charge in [-0.05, 0) is 0 Å². The van der Waals surface area contributed by atoms with Crippen LogP contribution in [0.2, 0.25) is 0 Å².